The SMILES string of the molecule is CNc1ncc(Cl)c(NCc2cccc(C)n2)n1. The highest BCUT2D eigenvalue weighted by molar-refractivity contribution is 6.32. The highest BCUT2D eigenvalue weighted by atomic mass is 35.5. The first kappa shape index (κ1) is 12.6. The third kappa shape index (κ3) is 3.07. The van der Waals surface area contributed by atoms with Gasteiger partial charge in [0.2, 0.25) is 5.95 Å². The smallest absolute Gasteiger partial charge is 0.224 e. The van der Waals surface area contributed by atoms with Crippen molar-refractivity contribution in [2.24, 2.45) is 0 Å². The van der Waals surface area contributed by atoms with Gasteiger partial charge in [-0.05, 0) is 19.1 Å². The zero-order valence-corrected chi connectivity index (χ0v) is 11.0. The quantitative estimate of drug-likeness (QED) is 0.887. The molecule has 0 fully saturated rings. The van der Waals surface area contributed by atoms with Crippen LogP contribution in [0.2, 0.25) is 5.02 Å². The molecule has 0 spiro atoms. The minimum atomic E-state index is 0.488. The maximum Gasteiger partial charge on any atom is 0.224 e. The molecule has 18 heavy (non-hydrogen) atoms. The zero-order valence-electron chi connectivity index (χ0n) is 10.2. The van der Waals surface area contributed by atoms with Crippen LogP contribution in [0, 0.1) is 6.92 Å². The van der Waals surface area contributed by atoms with E-state index in [9.17, 15) is 0 Å². The van der Waals surface area contributed by atoms with Crippen LogP contribution < -0.4 is 10.6 Å². The van der Waals surface area contributed by atoms with Crippen molar-refractivity contribution in [2.75, 3.05) is 17.7 Å². The molecule has 2 rings (SSSR count). The molecule has 0 saturated heterocycles. The van der Waals surface area contributed by atoms with E-state index in [0.717, 1.165) is 11.4 Å². The average Bonchev–Trinajstić information content (AvgIpc) is 2.38. The van der Waals surface area contributed by atoms with Crippen LogP contribution in [-0.4, -0.2) is 22.0 Å². The van der Waals surface area contributed by atoms with Crippen LogP contribution in [0.4, 0.5) is 11.8 Å². The van der Waals surface area contributed by atoms with Crippen molar-refractivity contribution in [3.05, 3.63) is 40.8 Å². The maximum atomic E-state index is 6.02. The average molecular weight is 264 g/mol. The molecule has 5 nitrogen and oxygen atoms in total. The van der Waals surface area contributed by atoms with Crippen LogP contribution >= 0.6 is 11.6 Å². The molecule has 0 atom stereocenters. The van der Waals surface area contributed by atoms with E-state index in [2.05, 4.69) is 25.6 Å². The number of pyridine rings is 1. The fourth-order valence-electron chi connectivity index (χ4n) is 1.48. The third-order valence-electron chi connectivity index (χ3n) is 2.35. The fourth-order valence-corrected chi connectivity index (χ4v) is 1.64. The summed E-state index contributed by atoms with van der Waals surface area (Å²) < 4.78 is 0. The topological polar surface area (TPSA) is 62.7 Å². The van der Waals surface area contributed by atoms with Gasteiger partial charge in [0.05, 0.1) is 18.4 Å². The lowest BCUT2D eigenvalue weighted by atomic mass is 10.3. The predicted molar refractivity (Wildman–Crippen MR) is 72.9 cm³/mol. The fraction of sp³-hybridized carbons (Fsp3) is 0.250. The molecule has 0 saturated carbocycles. The molecule has 2 heterocycles. The lowest BCUT2D eigenvalue weighted by Crippen LogP contribution is -2.06. The van der Waals surface area contributed by atoms with Gasteiger partial charge >= 0.3 is 0 Å². The Morgan fingerprint density at radius 3 is 2.83 bits per heavy atom. The van der Waals surface area contributed by atoms with Crippen molar-refractivity contribution in [1.82, 2.24) is 15.0 Å². The number of halogens is 1. The second kappa shape index (κ2) is 5.64. The summed E-state index contributed by atoms with van der Waals surface area (Å²) in [4.78, 5) is 12.6. The number of anilines is 2. The Bertz CT molecular complexity index is 544. The molecular weight excluding hydrogens is 250 g/mol. The Balaban J connectivity index is 2.10. The summed E-state index contributed by atoms with van der Waals surface area (Å²) in [7, 11) is 1.76. The summed E-state index contributed by atoms with van der Waals surface area (Å²) in [6, 6.07) is 5.88. The number of rotatable bonds is 4. The third-order valence-corrected chi connectivity index (χ3v) is 2.63. The molecule has 2 aromatic heterocycles. The zero-order chi connectivity index (χ0) is 13.0. The van der Waals surface area contributed by atoms with E-state index in [1.165, 1.54) is 0 Å². The number of nitrogens with one attached hydrogen (secondary N) is 2. The second-order valence-corrected chi connectivity index (χ2v) is 4.17. The van der Waals surface area contributed by atoms with Crippen molar-refractivity contribution < 1.29 is 0 Å². The highest BCUT2D eigenvalue weighted by Crippen LogP contribution is 2.19. The summed E-state index contributed by atoms with van der Waals surface area (Å²) in [6.45, 7) is 2.53. The summed E-state index contributed by atoms with van der Waals surface area (Å²) in [6.07, 6.45) is 1.56. The molecule has 6 heteroatoms. The Morgan fingerprint density at radius 2 is 2.11 bits per heavy atom. The Morgan fingerprint density at radius 1 is 1.28 bits per heavy atom. The minimum absolute atomic E-state index is 0.488. The van der Waals surface area contributed by atoms with Crippen molar-refractivity contribution in [3.8, 4) is 0 Å². The van der Waals surface area contributed by atoms with Gasteiger partial charge in [-0.15, -0.1) is 0 Å². The molecular formula is C12H14ClN5. The molecule has 0 unspecified atom stereocenters. The van der Waals surface area contributed by atoms with Crippen LogP contribution in [-0.2, 0) is 6.54 Å². The first-order valence-corrected chi connectivity index (χ1v) is 5.93. The first-order valence-electron chi connectivity index (χ1n) is 5.56. The number of hydrogen-bond donors (Lipinski definition) is 2. The first-order chi connectivity index (χ1) is 8.69. The van der Waals surface area contributed by atoms with Crippen LogP contribution in [0.3, 0.4) is 0 Å². The number of hydrogen-bond acceptors (Lipinski definition) is 5. The molecule has 0 aliphatic carbocycles. The van der Waals surface area contributed by atoms with E-state index < -0.39 is 0 Å². The van der Waals surface area contributed by atoms with Crippen molar-refractivity contribution in [2.45, 2.75) is 13.5 Å². The summed E-state index contributed by atoms with van der Waals surface area (Å²) in [5.41, 5.74) is 1.93. The van der Waals surface area contributed by atoms with Crippen molar-refractivity contribution in [1.29, 1.82) is 0 Å². The predicted octanol–water partition coefficient (Wildman–Crippen LogP) is 2.49. The van der Waals surface area contributed by atoms with Gasteiger partial charge in [-0.25, -0.2) is 4.98 Å². The van der Waals surface area contributed by atoms with Gasteiger partial charge in [-0.3, -0.25) is 4.98 Å². The van der Waals surface area contributed by atoms with Gasteiger partial charge in [0.1, 0.15) is 5.02 Å². The van der Waals surface area contributed by atoms with Crippen LogP contribution in [0.15, 0.2) is 24.4 Å². The Kier molecular flexibility index (Phi) is 3.94. The van der Waals surface area contributed by atoms with E-state index in [1.807, 2.05) is 25.1 Å². The van der Waals surface area contributed by atoms with E-state index in [0.29, 0.717) is 23.3 Å². The van der Waals surface area contributed by atoms with E-state index in [1.54, 1.807) is 13.2 Å². The minimum Gasteiger partial charge on any atom is -0.363 e. The van der Waals surface area contributed by atoms with Gasteiger partial charge in [0, 0.05) is 12.7 Å². The Labute approximate surface area is 111 Å². The number of aromatic nitrogens is 3. The largest absolute Gasteiger partial charge is 0.363 e. The molecule has 2 aromatic rings. The molecule has 94 valence electrons. The van der Waals surface area contributed by atoms with Gasteiger partial charge < -0.3 is 10.6 Å². The van der Waals surface area contributed by atoms with Crippen LogP contribution in [0.5, 0.6) is 0 Å². The number of nitrogens with zero attached hydrogens (tertiary/aromatic N) is 3. The number of aryl methyl sites for hydroxylation is 1. The van der Waals surface area contributed by atoms with Crippen molar-refractivity contribution >= 4 is 23.4 Å². The monoisotopic (exact) mass is 263 g/mol. The highest BCUT2D eigenvalue weighted by Gasteiger charge is 2.04. The summed E-state index contributed by atoms with van der Waals surface area (Å²) in [5.74, 6) is 1.12. The standard InChI is InChI=1S/C12H14ClN5/c1-8-4-3-5-9(17-8)6-15-11-10(13)7-16-12(14-2)18-11/h3-5,7H,6H2,1-2H3,(H2,14,15,16,18). The van der Waals surface area contributed by atoms with Gasteiger partial charge in [-0.2, -0.15) is 4.98 Å². The van der Waals surface area contributed by atoms with Crippen LogP contribution in [0.1, 0.15) is 11.4 Å². The molecule has 2 N–H and O–H groups in total. The van der Waals surface area contributed by atoms with E-state index >= 15 is 0 Å². The molecule has 0 radical (unpaired) electrons. The summed E-state index contributed by atoms with van der Waals surface area (Å²) >= 11 is 6.02. The van der Waals surface area contributed by atoms with Gasteiger partial charge in [-0.1, -0.05) is 17.7 Å². The lowest BCUT2D eigenvalue weighted by molar-refractivity contribution is 0.998. The summed E-state index contributed by atoms with van der Waals surface area (Å²) in [5, 5.41) is 6.50. The maximum absolute atomic E-state index is 6.02. The van der Waals surface area contributed by atoms with E-state index in [4.69, 9.17) is 11.6 Å². The Hall–Kier alpha value is -1.88. The molecule has 0 bridgehead atoms. The lowest BCUT2D eigenvalue weighted by Gasteiger charge is -2.08. The van der Waals surface area contributed by atoms with E-state index in [-0.39, 0.29) is 0 Å². The van der Waals surface area contributed by atoms with Crippen LogP contribution in [0.25, 0.3) is 0 Å². The van der Waals surface area contributed by atoms with Gasteiger partial charge in [0.15, 0.2) is 5.82 Å². The molecule has 0 aliphatic rings. The second-order valence-electron chi connectivity index (χ2n) is 3.76. The normalized spacial score (nSPS) is 10.2. The van der Waals surface area contributed by atoms with Crippen molar-refractivity contribution in [3.63, 3.8) is 0 Å². The molecule has 0 aliphatic heterocycles. The van der Waals surface area contributed by atoms with Gasteiger partial charge in [0.25, 0.3) is 0 Å². The molecule has 0 aromatic carbocycles. The molecule has 0 amide bonds.